The molecule has 2 aromatic heterocycles. The van der Waals surface area contributed by atoms with Crippen molar-refractivity contribution in [1.29, 1.82) is 0 Å². The number of H-pyrrole nitrogens is 1. The van der Waals surface area contributed by atoms with Crippen molar-refractivity contribution in [3.05, 3.63) is 77.0 Å². The summed E-state index contributed by atoms with van der Waals surface area (Å²) in [6.07, 6.45) is 5.99. The Labute approximate surface area is 243 Å². The van der Waals surface area contributed by atoms with Crippen LogP contribution in [0.5, 0.6) is 0 Å². The number of aliphatic hydroxyl groups excluding tert-OH is 1. The van der Waals surface area contributed by atoms with E-state index in [2.05, 4.69) is 26.2 Å². The zero-order chi connectivity index (χ0) is 29.1. The number of nitrogens with one attached hydrogen (secondary N) is 1. The van der Waals surface area contributed by atoms with Gasteiger partial charge in [0, 0.05) is 50.4 Å². The molecule has 5 heterocycles. The molecule has 12 heteroatoms. The fourth-order valence-electron chi connectivity index (χ4n) is 7.35. The van der Waals surface area contributed by atoms with E-state index in [1.807, 2.05) is 4.90 Å². The van der Waals surface area contributed by atoms with Crippen LogP contribution in [0, 0.1) is 11.2 Å². The van der Waals surface area contributed by atoms with Gasteiger partial charge < -0.3 is 10.0 Å². The molecular weight excluding hydrogens is 562 g/mol. The third-order valence-corrected chi connectivity index (χ3v) is 11.2. The van der Waals surface area contributed by atoms with Gasteiger partial charge in [-0.25, -0.2) is 22.2 Å². The predicted molar refractivity (Wildman–Crippen MR) is 153 cm³/mol. The van der Waals surface area contributed by atoms with E-state index in [9.17, 15) is 22.3 Å². The van der Waals surface area contributed by atoms with Gasteiger partial charge in [-0.2, -0.15) is 9.40 Å². The Balaban J connectivity index is 1.28. The maximum absolute atomic E-state index is 14.1. The highest BCUT2D eigenvalue weighted by atomic mass is 32.2. The Morgan fingerprint density at radius 2 is 1.88 bits per heavy atom. The predicted octanol–water partition coefficient (Wildman–Crippen LogP) is 3.32. The number of hydrogen-bond donors (Lipinski definition) is 2. The Bertz CT molecular complexity index is 1600. The number of anilines is 1. The van der Waals surface area contributed by atoms with Gasteiger partial charge in [-0.05, 0) is 67.2 Å². The second-order valence-electron chi connectivity index (χ2n) is 12.0. The number of pyridine rings is 1. The Kier molecular flexibility index (Phi) is 6.92. The van der Waals surface area contributed by atoms with Gasteiger partial charge in [-0.3, -0.25) is 10.00 Å². The third kappa shape index (κ3) is 4.74. The topological polar surface area (TPSA) is 106 Å². The molecule has 0 bridgehead atoms. The quantitative estimate of drug-likeness (QED) is 0.450. The number of benzene rings is 1. The van der Waals surface area contributed by atoms with E-state index in [0.29, 0.717) is 57.7 Å². The highest BCUT2D eigenvalue weighted by molar-refractivity contribution is 7.89. The van der Waals surface area contributed by atoms with E-state index in [4.69, 9.17) is 0 Å². The smallest absolute Gasteiger partial charge is 0.244 e. The number of fused-ring (bicyclic) bond motifs is 2. The number of piperidine rings is 1. The average molecular weight is 597 g/mol. The van der Waals surface area contributed by atoms with Crippen LogP contribution in [0.15, 0.2) is 59.3 Å². The maximum Gasteiger partial charge on any atom is 0.244 e. The zero-order valence-electron chi connectivity index (χ0n) is 23.2. The molecule has 9 nitrogen and oxygen atoms in total. The molecule has 3 aliphatic heterocycles. The number of nitrogens with zero attached hydrogens (tertiary/aromatic N) is 5. The SMILES string of the molecule is O=S(=O)(c1ccc(N2CC[C@@H](F)C2)nc1)N1CCC2=Cc3[nH]ncc3C[C@@]2(C(c2ccc(F)cc2)N2CCC(O)C2)C1. The number of halogens is 2. The molecule has 0 radical (unpaired) electrons. The van der Waals surface area contributed by atoms with E-state index in [0.717, 1.165) is 22.4 Å². The van der Waals surface area contributed by atoms with Crippen molar-refractivity contribution in [1.82, 2.24) is 24.4 Å². The van der Waals surface area contributed by atoms with Crippen LogP contribution in [0.3, 0.4) is 0 Å². The van der Waals surface area contributed by atoms with Crippen LogP contribution in [0.4, 0.5) is 14.6 Å². The molecule has 1 aromatic carbocycles. The van der Waals surface area contributed by atoms with Crippen LogP contribution in [0.2, 0.25) is 0 Å². The number of likely N-dealkylation sites (tertiary alicyclic amines) is 1. The standard InChI is InChI=1S/C30H34F2N6O3S/c31-23-3-1-20(2-4-23)29(37-11-9-25(39)18-37)30-14-21-15-34-35-27(21)13-22(30)7-12-38(19-30)42(40,41)26-5-6-28(33-16-26)36-10-8-24(32)17-36/h1-6,13,15-16,24-25,29,39H,7-12,14,17-19H2,(H,34,35)/t24-,25?,29?,30-/m1/s1. The minimum Gasteiger partial charge on any atom is -0.392 e. The molecule has 3 fully saturated rings. The lowest BCUT2D eigenvalue weighted by Crippen LogP contribution is -2.55. The van der Waals surface area contributed by atoms with Gasteiger partial charge in [0.1, 0.15) is 22.7 Å². The fourth-order valence-corrected chi connectivity index (χ4v) is 8.81. The molecule has 42 heavy (non-hydrogen) atoms. The molecule has 3 saturated heterocycles. The summed E-state index contributed by atoms with van der Waals surface area (Å²) in [4.78, 5) is 8.54. The van der Waals surface area contributed by atoms with Gasteiger partial charge in [-0.1, -0.05) is 17.7 Å². The van der Waals surface area contributed by atoms with E-state index < -0.39 is 27.7 Å². The first-order valence-corrected chi connectivity index (χ1v) is 15.9. The number of aromatic amines is 1. The van der Waals surface area contributed by atoms with Gasteiger partial charge in [0.05, 0.1) is 24.5 Å². The first-order valence-electron chi connectivity index (χ1n) is 14.5. The van der Waals surface area contributed by atoms with Gasteiger partial charge in [0.15, 0.2) is 0 Å². The molecule has 222 valence electrons. The Morgan fingerprint density at radius 1 is 1.05 bits per heavy atom. The van der Waals surface area contributed by atoms with Crippen molar-refractivity contribution in [3.63, 3.8) is 0 Å². The molecule has 0 saturated carbocycles. The van der Waals surface area contributed by atoms with Gasteiger partial charge in [-0.15, -0.1) is 0 Å². The van der Waals surface area contributed by atoms with Crippen LogP contribution in [-0.4, -0.2) is 89.5 Å². The number of aromatic nitrogens is 3. The van der Waals surface area contributed by atoms with Crippen molar-refractivity contribution in [2.45, 2.75) is 48.9 Å². The first-order chi connectivity index (χ1) is 20.2. The summed E-state index contributed by atoms with van der Waals surface area (Å²) in [7, 11) is -3.92. The fraction of sp³-hybridized carbons (Fsp3) is 0.467. The van der Waals surface area contributed by atoms with Crippen LogP contribution < -0.4 is 4.90 Å². The summed E-state index contributed by atoms with van der Waals surface area (Å²) in [5, 5.41) is 17.9. The molecule has 0 amide bonds. The second kappa shape index (κ2) is 10.5. The molecule has 3 aromatic rings. The second-order valence-corrected chi connectivity index (χ2v) is 13.9. The largest absolute Gasteiger partial charge is 0.392 e. The summed E-state index contributed by atoms with van der Waals surface area (Å²) in [6.45, 7) is 2.41. The van der Waals surface area contributed by atoms with Crippen LogP contribution >= 0.6 is 0 Å². The minimum absolute atomic E-state index is 0.0968. The number of rotatable bonds is 6. The third-order valence-electron chi connectivity index (χ3n) is 9.39. The van der Waals surface area contributed by atoms with Gasteiger partial charge in [0.25, 0.3) is 0 Å². The Morgan fingerprint density at radius 3 is 2.57 bits per heavy atom. The van der Waals surface area contributed by atoms with E-state index >= 15 is 0 Å². The monoisotopic (exact) mass is 596 g/mol. The molecule has 2 N–H and O–H groups in total. The van der Waals surface area contributed by atoms with Gasteiger partial charge >= 0.3 is 0 Å². The van der Waals surface area contributed by atoms with Crippen LogP contribution in [-0.2, 0) is 16.4 Å². The first kappa shape index (κ1) is 27.6. The lowest BCUT2D eigenvalue weighted by Gasteiger charge is -2.53. The van der Waals surface area contributed by atoms with Crippen molar-refractivity contribution < 1.29 is 22.3 Å². The van der Waals surface area contributed by atoms with E-state index in [1.54, 1.807) is 34.8 Å². The lowest BCUT2D eigenvalue weighted by atomic mass is 9.62. The van der Waals surface area contributed by atoms with Crippen molar-refractivity contribution >= 4 is 21.9 Å². The number of sulfonamides is 1. The molecule has 0 spiro atoms. The van der Waals surface area contributed by atoms with Gasteiger partial charge in [0.2, 0.25) is 10.0 Å². The average Bonchev–Trinajstić information content (AvgIpc) is 3.74. The highest BCUT2D eigenvalue weighted by Crippen LogP contribution is 2.54. The van der Waals surface area contributed by atoms with Crippen LogP contribution in [0.25, 0.3) is 6.08 Å². The molecule has 2 unspecified atom stereocenters. The summed E-state index contributed by atoms with van der Waals surface area (Å²) in [5.74, 6) is 0.228. The van der Waals surface area contributed by atoms with Crippen LogP contribution in [0.1, 0.15) is 42.1 Å². The van der Waals surface area contributed by atoms with E-state index in [-0.39, 0.29) is 29.8 Å². The summed E-state index contributed by atoms with van der Waals surface area (Å²) >= 11 is 0. The molecule has 1 aliphatic carbocycles. The maximum atomic E-state index is 14.1. The molecule has 4 aliphatic rings. The summed E-state index contributed by atoms with van der Waals surface area (Å²) in [5.41, 5.74) is 3.24. The highest BCUT2D eigenvalue weighted by Gasteiger charge is 2.53. The van der Waals surface area contributed by atoms with Crippen molar-refractivity contribution in [2.75, 3.05) is 44.2 Å². The minimum atomic E-state index is -3.92. The summed E-state index contributed by atoms with van der Waals surface area (Å²) in [6, 6.07) is 9.35. The normalized spacial score (nSPS) is 27.5. The van der Waals surface area contributed by atoms with Crippen molar-refractivity contribution in [2.24, 2.45) is 5.41 Å². The molecule has 7 rings (SSSR count). The molecular formula is C30H34F2N6O3S. The van der Waals surface area contributed by atoms with E-state index in [1.165, 1.54) is 18.3 Å². The van der Waals surface area contributed by atoms with Crippen molar-refractivity contribution in [3.8, 4) is 0 Å². The lowest BCUT2D eigenvalue weighted by molar-refractivity contribution is 0.0600. The number of aliphatic hydroxyl groups is 1. The molecule has 4 atom stereocenters. The number of hydrogen-bond acceptors (Lipinski definition) is 7. The summed E-state index contributed by atoms with van der Waals surface area (Å²) < 4.78 is 57.6. The Hall–Kier alpha value is -3.19. The number of alkyl halides is 1. The number of β-amino-alcohol motifs (C(OH)–C–C–N with tert-alkyl or cyclic N) is 1. The zero-order valence-corrected chi connectivity index (χ0v) is 24.0.